The Bertz CT molecular complexity index is 903. The first kappa shape index (κ1) is 21.6. The zero-order chi connectivity index (χ0) is 22.2. The van der Waals surface area contributed by atoms with Gasteiger partial charge in [0.2, 0.25) is 5.91 Å². The number of ether oxygens (including phenoxy) is 1. The van der Waals surface area contributed by atoms with Crippen LogP contribution in [-0.4, -0.2) is 74.1 Å². The van der Waals surface area contributed by atoms with Crippen molar-refractivity contribution >= 4 is 17.5 Å². The van der Waals surface area contributed by atoms with Crippen molar-refractivity contribution in [2.45, 2.75) is 44.2 Å². The number of rotatable bonds is 4. The first-order valence-electron chi connectivity index (χ1n) is 12.0. The van der Waals surface area contributed by atoms with Crippen LogP contribution in [0.15, 0.2) is 35.3 Å². The number of hydrogen-bond donors (Lipinski definition) is 2. The van der Waals surface area contributed by atoms with Gasteiger partial charge in [-0.05, 0) is 63.0 Å². The average molecular weight is 438 g/mol. The van der Waals surface area contributed by atoms with Crippen LogP contribution in [0.3, 0.4) is 0 Å². The fraction of sp³-hybridized carbons (Fsp3) is 0.600. The molecule has 32 heavy (non-hydrogen) atoms. The Morgan fingerprint density at radius 1 is 1.16 bits per heavy atom. The van der Waals surface area contributed by atoms with E-state index in [4.69, 9.17) is 9.73 Å². The number of likely N-dealkylation sites (tertiary alicyclic amines) is 1. The minimum Gasteiger partial charge on any atom is -0.477 e. The van der Waals surface area contributed by atoms with Gasteiger partial charge in [-0.3, -0.25) is 4.79 Å². The average Bonchev–Trinajstić information content (AvgIpc) is 3.39. The number of hydrogen-bond acceptors (Lipinski definition) is 6. The molecule has 4 aliphatic heterocycles. The van der Waals surface area contributed by atoms with E-state index in [1.54, 1.807) is 0 Å². The molecule has 5 rings (SSSR count). The van der Waals surface area contributed by atoms with E-state index in [-0.39, 0.29) is 29.9 Å². The van der Waals surface area contributed by atoms with Gasteiger partial charge < -0.3 is 15.0 Å². The molecule has 0 aliphatic carbocycles. The number of carbonyl (C=O) groups excluding carboxylic acids is 1. The number of aliphatic imine (C=N–C) groups is 1. The summed E-state index contributed by atoms with van der Waals surface area (Å²) in [4.78, 5) is 19.0. The van der Waals surface area contributed by atoms with Crippen LogP contribution in [0, 0.1) is 11.8 Å². The lowest BCUT2D eigenvalue weighted by atomic mass is 9.88. The Morgan fingerprint density at radius 2 is 1.91 bits per heavy atom. The van der Waals surface area contributed by atoms with Gasteiger partial charge in [-0.1, -0.05) is 24.3 Å². The fourth-order valence-electron chi connectivity index (χ4n) is 5.39. The van der Waals surface area contributed by atoms with Gasteiger partial charge in [-0.15, -0.1) is 0 Å². The van der Waals surface area contributed by atoms with Gasteiger partial charge >= 0.3 is 0 Å². The summed E-state index contributed by atoms with van der Waals surface area (Å²) in [5, 5.41) is 5.03. The van der Waals surface area contributed by atoms with Crippen LogP contribution < -0.4 is 10.7 Å². The number of nitrogens with one attached hydrogen (secondary N) is 2. The molecule has 1 aromatic rings. The van der Waals surface area contributed by atoms with Crippen LogP contribution in [0.4, 0.5) is 0 Å². The standard InChI is InChI=1S/C25H35N5O2/c1-16(20-12-24(31)26-14-20)32-25-21-15-30(3)28-23(21)13-22(27-25)19-6-4-17(5-7-19)18-8-10-29(2)11-9-18/h4-7,13,16,18,20-21,23,28H,8-12,14-15H2,1-3H3,(H,26,31)/t16?,20-,21?,23?/m1/s1. The minimum atomic E-state index is -0.0505. The lowest BCUT2D eigenvalue weighted by molar-refractivity contribution is -0.119. The summed E-state index contributed by atoms with van der Waals surface area (Å²) < 4.78 is 6.41. The maximum atomic E-state index is 11.6. The van der Waals surface area contributed by atoms with Crippen molar-refractivity contribution in [3.05, 3.63) is 41.5 Å². The molecule has 0 radical (unpaired) electrons. The van der Waals surface area contributed by atoms with E-state index in [0.29, 0.717) is 18.9 Å². The van der Waals surface area contributed by atoms with Crippen molar-refractivity contribution in [3.8, 4) is 0 Å². The summed E-state index contributed by atoms with van der Waals surface area (Å²) in [6.07, 6.45) is 5.17. The van der Waals surface area contributed by atoms with E-state index < -0.39 is 0 Å². The summed E-state index contributed by atoms with van der Waals surface area (Å²) in [5.74, 6) is 1.94. The van der Waals surface area contributed by atoms with E-state index >= 15 is 0 Å². The summed E-state index contributed by atoms with van der Waals surface area (Å²) >= 11 is 0. The largest absolute Gasteiger partial charge is 0.477 e. The second-order valence-electron chi connectivity index (χ2n) is 9.93. The van der Waals surface area contributed by atoms with Crippen molar-refractivity contribution in [2.24, 2.45) is 16.8 Å². The van der Waals surface area contributed by atoms with Gasteiger partial charge in [0.1, 0.15) is 6.10 Å². The first-order chi connectivity index (χ1) is 15.5. The van der Waals surface area contributed by atoms with Crippen LogP contribution in [0.1, 0.15) is 43.2 Å². The molecule has 3 saturated heterocycles. The third-order valence-electron chi connectivity index (χ3n) is 7.53. The van der Waals surface area contributed by atoms with Gasteiger partial charge in [0.15, 0.2) is 5.90 Å². The summed E-state index contributed by atoms with van der Waals surface area (Å²) in [5.41, 5.74) is 7.05. The molecule has 0 spiro atoms. The van der Waals surface area contributed by atoms with Crippen molar-refractivity contribution < 1.29 is 9.53 Å². The molecule has 1 aromatic carbocycles. The molecule has 1 amide bonds. The Hall–Kier alpha value is -2.22. The molecule has 4 atom stereocenters. The molecule has 4 aliphatic rings. The molecule has 0 bridgehead atoms. The normalized spacial score (nSPS) is 30.5. The van der Waals surface area contributed by atoms with Gasteiger partial charge in [0, 0.05) is 32.5 Å². The van der Waals surface area contributed by atoms with Gasteiger partial charge in [0.25, 0.3) is 0 Å². The number of benzene rings is 1. The van der Waals surface area contributed by atoms with Gasteiger partial charge in [-0.2, -0.15) is 0 Å². The Balaban J connectivity index is 1.34. The summed E-state index contributed by atoms with van der Waals surface area (Å²) in [6, 6.07) is 9.15. The van der Waals surface area contributed by atoms with Crippen LogP contribution in [0.5, 0.6) is 0 Å². The number of piperidine rings is 1. The molecular formula is C25H35N5O2. The fourth-order valence-corrected chi connectivity index (χ4v) is 5.39. The Labute approximate surface area is 190 Å². The van der Waals surface area contributed by atoms with E-state index in [1.807, 2.05) is 0 Å². The van der Waals surface area contributed by atoms with Crippen LogP contribution in [0.25, 0.3) is 5.70 Å². The molecule has 3 unspecified atom stereocenters. The highest BCUT2D eigenvalue weighted by Gasteiger charge is 2.39. The SMILES string of the molecule is CC(OC1=NC(c2ccc(C3CCN(C)CC3)cc2)=CC2NN(C)CC12)[C@H]1CNC(=O)C1. The first-order valence-corrected chi connectivity index (χ1v) is 12.0. The molecule has 0 saturated carbocycles. The lowest BCUT2D eigenvalue weighted by Crippen LogP contribution is -2.38. The van der Waals surface area contributed by atoms with Crippen LogP contribution >= 0.6 is 0 Å². The van der Waals surface area contributed by atoms with Crippen molar-refractivity contribution in [1.29, 1.82) is 0 Å². The highest BCUT2D eigenvalue weighted by Crippen LogP contribution is 2.33. The van der Waals surface area contributed by atoms with Crippen molar-refractivity contribution in [1.82, 2.24) is 20.7 Å². The summed E-state index contributed by atoms with van der Waals surface area (Å²) in [7, 11) is 4.26. The number of fused-ring (bicyclic) bond motifs is 1. The highest BCUT2D eigenvalue weighted by molar-refractivity contribution is 5.89. The molecule has 172 valence electrons. The molecule has 3 fully saturated rings. The van der Waals surface area contributed by atoms with Crippen LogP contribution in [-0.2, 0) is 9.53 Å². The monoisotopic (exact) mass is 437 g/mol. The van der Waals surface area contributed by atoms with Gasteiger partial charge in [0.05, 0.1) is 17.7 Å². The lowest BCUT2D eigenvalue weighted by Gasteiger charge is -2.29. The molecule has 0 aromatic heterocycles. The van der Waals surface area contributed by atoms with E-state index in [0.717, 1.165) is 23.7 Å². The zero-order valence-electron chi connectivity index (χ0n) is 19.4. The number of nitrogens with zero attached hydrogens (tertiary/aromatic N) is 3. The highest BCUT2D eigenvalue weighted by atomic mass is 16.5. The second kappa shape index (κ2) is 8.96. The molecular weight excluding hydrogens is 402 g/mol. The smallest absolute Gasteiger partial charge is 0.220 e. The third-order valence-corrected chi connectivity index (χ3v) is 7.53. The Morgan fingerprint density at radius 3 is 2.59 bits per heavy atom. The van der Waals surface area contributed by atoms with Crippen molar-refractivity contribution in [3.63, 3.8) is 0 Å². The molecule has 7 nitrogen and oxygen atoms in total. The number of amides is 1. The van der Waals surface area contributed by atoms with E-state index in [9.17, 15) is 4.79 Å². The number of carbonyl (C=O) groups is 1. The quantitative estimate of drug-likeness (QED) is 0.756. The van der Waals surface area contributed by atoms with Crippen LogP contribution in [0.2, 0.25) is 0 Å². The minimum absolute atomic E-state index is 0.0505. The van der Waals surface area contributed by atoms with E-state index in [1.165, 1.54) is 31.5 Å². The molecule has 4 heterocycles. The maximum Gasteiger partial charge on any atom is 0.220 e. The predicted molar refractivity (Wildman–Crippen MR) is 126 cm³/mol. The molecule has 7 heteroatoms. The third kappa shape index (κ3) is 4.47. The van der Waals surface area contributed by atoms with E-state index in [2.05, 4.69) is 72.0 Å². The Kier molecular flexibility index (Phi) is 6.05. The maximum absolute atomic E-state index is 11.6. The predicted octanol–water partition coefficient (Wildman–Crippen LogP) is 2.22. The zero-order valence-corrected chi connectivity index (χ0v) is 19.4. The number of hydrazine groups is 1. The van der Waals surface area contributed by atoms with Crippen molar-refractivity contribution in [2.75, 3.05) is 40.3 Å². The second-order valence-corrected chi connectivity index (χ2v) is 9.93. The van der Waals surface area contributed by atoms with Gasteiger partial charge in [-0.25, -0.2) is 15.4 Å². The summed E-state index contributed by atoms with van der Waals surface area (Å²) in [6.45, 7) is 5.94. The topological polar surface area (TPSA) is 69.2 Å². The molecule has 2 N–H and O–H groups in total.